The van der Waals surface area contributed by atoms with Crippen LogP contribution in [0.4, 0.5) is 5.82 Å². The van der Waals surface area contributed by atoms with Gasteiger partial charge in [-0.25, -0.2) is 4.68 Å². The zero-order chi connectivity index (χ0) is 12.3. The summed E-state index contributed by atoms with van der Waals surface area (Å²) in [5.74, 6) is 0.658. The summed E-state index contributed by atoms with van der Waals surface area (Å²) in [7, 11) is 1.68. The van der Waals surface area contributed by atoms with Gasteiger partial charge in [0.25, 0.3) is 0 Å². The number of hydrogen-bond donors (Lipinski definition) is 1. The molecule has 1 aromatic carbocycles. The Morgan fingerprint density at radius 1 is 1.35 bits per heavy atom. The van der Waals surface area contributed by atoms with Gasteiger partial charge in [-0.2, -0.15) is 5.10 Å². The second-order valence-corrected chi connectivity index (χ2v) is 4.00. The lowest BCUT2D eigenvalue weighted by Crippen LogP contribution is -2.04. The zero-order valence-electron chi connectivity index (χ0n) is 10.2. The van der Waals surface area contributed by atoms with Crippen LogP contribution in [0, 0.1) is 6.92 Å². The van der Waals surface area contributed by atoms with Gasteiger partial charge in [-0.15, -0.1) is 0 Å². The number of nitrogen functional groups attached to an aromatic ring is 1. The maximum absolute atomic E-state index is 5.97. The first-order valence-corrected chi connectivity index (χ1v) is 5.61. The summed E-state index contributed by atoms with van der Waals surface area (Å²) in [6.07, 6.45) is 0.777. The van der Waals surface area contributed by atoms with Crippen molar-refractivity contribution in [1.82, 2.24) is 9.78 Å². The van der Waals surface area contributed by atoms with Crippen LogP contribution in [-0.4, -0.2) is 23.5 Å². The third kappa shape index (κ3) is 2.47. The second-order valence-electron chi connectivity index (χ2n) is 4.00. The van der Waals surface area contributed by atoms with Crippen molar-refractivity contribution in [2.24, 2.45) is 0 Å². The van der Waals surface area contributed by atoms with Crippen LogP contribution in [0.5, 0.6) is 0 Å². The fraction of sp³-hybridized carbons (Fsp3) is 0.308. The molecule has 0 unspecified atom stereocenters. The van der Waals surface area contributed by atoms with E-state index in [2.05, 4.69) is 5.10 Å². The highest BCUT2D eigenvalue weighted by Crippen LogP contribution is 2.18. The largest absolute Gasteiger partial charge is 0.384 e. The van der Waals surface area contributed by atoms with Gasteiger partial charge in [-0.3, -0.25) is 0 Å². The number of aryl methyl sites for hydroxylation is 1. The Balaban J connectivity index is 2.33. The highest BCUT2D eigenvalue weighted by atomic mass is 16.5. The number of rotatable bonds is 4. The minimum atomic E-state index is 0.657. The number of methoxy groups -OCH3 is 1. The summed E-state index contributed by atoms with van der Waals surface area (Å²) in [6.45, 7) is 2.70. The molecular weight excluding hydrogens is 214 g/mol. The Morgan fingerprint density at radius 3 is 2.82 bits per heavy atom. The molecule has 2 rings (SSSR count). The van der Waals surface area contributed by atoms with E-state index in [4.69, 9.17) is 10.5 Å². The lowest BCUT2D eigenvalue weighted by Gasteiger charge is -2.06. The molecule has 0 spiro atoms. The van der Waals surface area contributed by atoms with Crippen LogP contribution < -0.4 is 5.73 Å². The molecule has 0 aliphatic carbocycles. The van der Waals surface area contributed by atoms with Crippen LogP contribution in [0.15, 0.2) is 30.3 Å². The minimum absolute atomic E-state index is 0.657. The first-order chi connectivity index (χ1) is 8.22. The van der Waals surface area contributed by atoms with Gasteiger partial charge in [0.15, 0.2) is 0 Å². The Kier molecular flexibility index (Phi) is 3.44. The van der Waals surface area contributed by atoms with Crippen molar-refractivity contribution in [2.75, 3.05) is 19.5 Å². The Morgan fingerprint density at radius 2 is 2.12 bits per heavy atom. The van der Waals surface area contributed by atoms with Crippen molar-refractivity contribution in [3.05, 3.63) is 41.6 Å². The highest BCUT2D eigenvalue weighted by Gasteiger charge is 2.08. The Hall–Kier alpha value is -1.81. The molecule has 0 aliphatic rings. The average Bonchev–Trinajstić information content (AvgIpc) is 2.68. The number of anilines is 1. The smallest absolute Gasteiger partial charge is 0.127 e. The standard InChI is InChI=1S/C13H17N3O/c1-10-5-3-4-6-12(10)16-13(14)9-11(15-16)7-8-17-2/h3-6,9H,7-8,14H2,1-2H3. The SMILES string of the molecule is COCCc1cc(N)n(-c2ccccc2C)n1. The van der Waals surface area contributed by atoms with Gasteiger partial charge in [0.05, 0.1) is 18.0 Å². The molecule has 2 aromatic rings. The fourth-order valence-corrected chi connectivity index (χ4v) is 1.77. The van der Waals surface area contributed by atoms with E-state index in [0.29, 0.717) is 12.4 Å². The maximum Gasteiger partial charge on any atom is 0.127 e. The van der Waals surface area contributed by atoms with Gasteiger partial charge in [0, 0.05) is 19.6 Å². The Bertz CT molecular complexity index is 505. The molecule has 0 atom stereocenters. The molecule has 2 N–H and O–H groups in total. The predicted octanol–water partition coefficient (Wildman–Crippen LogP) is 1.95. The number of nitrogens with two attached hydrogens (primary N) is 1. The van der Waals surface area contributed by atoms with Crippen molar-refractivity contribution in [3.8, 4) is 5.69 Å². The van der Waals surface area contributed by atoms with Crippen LogP contribution in [0.25, 0.3) is 5.69 Å². The number of para-hydroxylation sites is 1. The molecule has 0 fully saturated rings. The van der Waals surface area contributed by atoms with Crippen molar-refractivity contribution in [2.45, 2.75) is 13.3 Å². The highest BCUT2D eigenvalue weighted by molar-refractivity contribution is 5.47. The summed E-state index contributed by atoms with van der Waals surface area (Å²) >= 11 is 0. The summed E-state index contributed by atoms with van der Waals surface area (Å²) in [6, 6.07) is 9.94. The number of nitrogens with zero attached hydrogens (tertiary/aromatic N) is 2. The Labute approximate surface area is 101 Å². The zero-order valence-corrected chi connectivity index (χ0v) is 10.2. The van der Waals surface area contributed by atoms with Crippen molar-refractivity contribution in [1.29, 1.82) is 0 Å². The van der Waals surface area contributed by atoms with E-state index in [-0.39, 0.29) is 0 Å². The van der Waals surface area contributed by atoms with Gasteiger partial charge in [-0.1, -0.05) is 18.2 Å². The van der Waals surface area contributed by atoms with E-state index in [9.17, 15) is 0 Å². The lowest BCUT2D eigenvalue weighted by molar-refractivity contribution is 0.201. The van der Waals surface area contributed by atoms with Crippen LogP contribution >= 0.6 is 0 Å². The molecule has 1 aromatic heterocycles. The van der Waals surface area contributed by atoms with Crippen LogP contribution in [0.2, 0.25) is 0 Å². The maximum atomic E-state index is 5.97. The second kappa shape index (κ2) is 5.01. The molecule has 0 aliphatic heterocycles. The number of ether oxygens (including phenoxy) is 1. The summed E-state index contributed by atoms with van der Waals surface area (Å²) in [5, 5.41) is 4.49. The van der Waals surface area contributed by atoms with Gasteiger partial charge in [0.1, 0.15) is 5.82 Å². The topological polar surface area (TPSA) is 53.1 Å². The van der Waals surface area contributed by atoms with Gasteiger partial charge >= 0.3 is 0 Å². The first-order valence-electron chi connectivity index (χ1n) is 5.61. The lowest BCUT2D eigenvalue weighted by atomic mass is 10.2. The quantitative estimate of drug-likeness (QED) is 0.875. The van der Waals surface area contributed by atoms with Crippen LogP contribution in [0.3, 0.4) is 0 Å². The van der Waals surface area contributed by atoms with E-state index in [0.717, 1.165) is 23.4 Å². The van der Waals surface area contributed by atoms with Gasteiger partial charge < -0.3 is 10.5 Å². The summed E-state index contributed by atoms with van der Waals surface area (Å²) in [4.78, 5) is 0. The molecule has 0 radical (unpaired) electrons. The third-order valence-electron chi connectivity index (χ3n) is 2.69. The summed E-state index contributed by atoms with van der Waals surface area (Å²) < 4.78 is 6.81. The molecule has 0 bridgehead atoms. The molecule has 4 heteroatoms. The normalized spacial score (nSPS) is 10.7. The third-order valence-corrected chi connectivity index (χ3v) is 2.69. The van der Waals surface area contributed by atoms with E-state index in [1.165, 1.54) is 0 Å². The molecule has 90 valence electrons. The monoisotopic (exact) mass is 231 g/mol. The first kappa shape index (κ1) is 11.7. The molecule has 17 heavy (non-hydrogen) atoms. The number of aromatic nitrogens is 2. The van der Waals surface area contributed by atoms with E-state index < -0.39 is 0 Å². The molecule has 0 amide bonds. The summed E-state index contributed by atoms with van der Waals surface area (Å²) in [5.41, 5.74) is 9.10. The predicted molar refractivity (Wildman–Crippen MR) is 68.3 cm³/mol. The minimum Gasteiger partial charge on any atom is -0.384 e. The number of hydrogen-bond acceptors (Lipinski definition) is 3. The molecule has 0 saturated heterocycles. The fourth-order valence-electron chi connectivity index (χ4n) is 1.77. The van der Waals surface area contributed by atoms with Crippen molar-refractivity contribution < 1.29 is 4.74 Å². The van der Waals surface area contributed by atoms with Crippen molar-refractivity contribution in [3.63, 3.8) is 0 Å². The van der Waals surface area contributed by atoms with E-state index in [1.54, 1.807) is 11.8 Å². The molecule has 0 saturated carbocycles. The van der Waals surface area contributed by atoms with Crippen molar-refractivity contribution >= 4 is 5.82 Å². The molecule has 4 nitrogen and oxygen atoms in total. The van der Waals surface area contributed by atoms with Crippen LogP contribution in [0.1, 0.15) is 11.3 Å². The average molecular weight is 231 g/mol. The van der Waals surface area contributed by atoms with Crippen LogP contribution in [-0.2, 0) is 11.2 Å². The molecular formula is C13H17N3O. The number of benzene rings is 1. The molecule has 1 heterocycles. The van der Waals surface area contributed by atoms with Gasteiger partial charge in [0.2, 0.25) is 0 Å². The van der Waals surface area contributed by atoms with Gasteiger partial charge in [-0.05, 0) is 18.6 Å². The van der Waals surface area contributed by atoms with E-state index >= 15 is 0 Å². The van der Waals surface area contributed by atoms with E-state index in [1.807, 2.05) is 37.3 Å².